The average Bonchev–Trinajstić information content (AvgIpc) is 2.90. The molecule has 0 radical (unpaired) electrons. The summed E-state index contributed by atoms with van der Waals surface area (Å²) in [6.07, 6.45) is 4.13. The second-order valence-electron chi connectivity index (χ2n) is 6.12. The van der Waals surface area contributed by atoms with E-state index in [0.29, 0.717) is 6.42 Å². The number of nitrogens with one attached hydrogen (secondary N) is 2. The number of hydrogen-bond acceptors (Lipinski definition) is 1. The molecule has 3 heteroatoms. The molecule has 114 valence electrons. The second-order valence-corrected chi connectivity index (χ2v) is 6.12. The fraction of sp³-hybridized carbons (Fsp3) is 0.500. The van der Waals surface area contributed by atoms with Crippen LogP contribution in [0.5, 0.6) is 0 Å². The Kier molecular flexibility index (Phi) is 5.57. The Labute approximate surface area is 128 Å². The quantitative estimate of drug-likeness (QED) is 0.739. The number of rotatable bonds is 7. The number of hydrogen-bond donors (Lipinski definition) is 2. The lowest BCUT2D eigenvalue weighted by molar-refractivity contribution is -0.892. The molecule has 1 aliphatic carbocycles. The van der Waals surface area contributed by atoms with E-state index < -0.39 is 0 Å². The number of fused-ring (bicyclic) bond motifs is 1. The fourth-order valence-corrected chi connectivity index (χ4v) is 2.98. The molecule has 1 unspecified atom stereocenters. The summed E-state index contributed by atoms with van der Waals surface area (Å²) in [6.45, 7) is 11.0. The maximum atomic E-state index is 12.1. The third-order valence-electron chi connectivity index (χ3n) is 4.14. The standard InChI is InChI=1S/C18H26N2O/c1-4-20(13-14(2)3)11-10-18(21)19-17-9-8-15-6-5-7-16(15)12-17/h8-9,12H,2,4-7,10-11,13H2,1,3H3,(H,19,21)/p+1. The maximum absolute atomic E-state index is 12.1. The molecule has 1 atom stereocenters. The monoisotopic (exact) mass is 287 g/mol. The molecule has 0 fully saturated rings. The molecule has 1 aromatic rings. The maximum Gasteiger partial charge on any atom is 0.230 e. The van der Waals surface area contributed by atoms with E-state index in [1.807, 2.05) is 13.0 Å². The van der Waals surface area contributed by atoms with Crippen molar-refractivity contribution >= 4 is 11.6 Å². The van der Waals surface area contributed by atoms with Crippen molar-refractivity contribution < 1.29 is 9.69 Å². The lowest BCUT2D eigenvalue weighted by atomic mass is 10.1. The zero-order valence-electron chi connectivity index (χ0n) is 13.3. The highest BCUT2D eigenvalue weighted by Crippen LogP contribution is 2.24. The van der Waals surface area contributed by atoms with E-state index >= 15 is 0 Å². The van der Waals surface area contributed by atoms with E-state index in [-0.39, 0.29) is 5.91 Å². The van der Waals surface area contributed by atoms with Crippen LogP contribution in [0.25, 0.3) is 0 Å². The predicted molar refractivity (Wildman–Crippen MR) is 87.8 cm³/mol. The number of aryl methyl sites for hydroxylation is 2. The molecular weight excluding hydrogens is 260 g/mol. The van der Waals surface area contributed by atoms with Gasteiger partial charge in [-0.3, -0.25) is 4.79 Å². The lowest BCUT2D eigenvalue weighted by Gasteiger charge is -2.17. The van der Waals surface area contributed by atoms with Gasteiger partial charge in [-0.25, -0.2) is 0 Å². The summed E-state index contributed by atoms with van der Waals surface area (Å²) in [7, 11) is 0. The van der Waals surface area contributed by atoms with E-state index in [0.717, 1.165) is 31.7 Å². The second kappa shape index (κ2) is 7.41. The number of amides is 1. The number of carbonyl (C=O) groups excluding carboxylic acids is 1. The molecule has 1 amide bonds. The first-order valence-corrected chi connectivity index (χ1v) is 7.98. The summed E-state index contributed by atoms with van der Waals surface area (Å²) in [4.78, 5) is 13.5. The predicted octanol–water partition coefficient (Wildman–Crippen LogP) is 1.98. The Balaban J connectivity index is 1.83. The van der Waals surface area contributed by atoms with Crippen LogP contribution in [0.2, 0.25) is 0 Å². The van der Waals surface area contributed by atoms with Crippen molar-refractivity contribution in [2.75, 3.05) is 25.0 Å². The summed E-state index contributed by atoms with van der Waals surface area (Å²) in [5.74, 6) is 0.112. The molecule has 2 N–H and O–H groups in total. The number of carbonyl (C=O) groups is 1. The Morgan fingerprint density at radius 3 is 2.81 bits per heavy atom. The van der Waals surface area contributed by atoms with Gasteiger partial charge >= 0.3 is 0 Å². The van der Waals surface area contributed by atoms with Gasteiger partial charge in [0.2, 0.25) is 5.91 Å². The molecule has 0 saturated carbocycles. The highest BCUT2D eigenvalue weighted by atomic mass is 16.1. The van der Waals surface area contributed by atoms with Crippen LogP contribution in [-0.4, -0.2) is 25.5 Å². The molecule has 0 aliphatic heterocycles. The van der Waals surface area contributed by atoms with Crippen LogP contribution in [0.3, 0.4) is 0 Å². The summed E-state index contributed by atoms with van der Waals surface area (Å²) < 4.78 is 0. The number of benzene rings is 1. The van der Waals surface area contributed by atoms with Gasteiger partial charge in [0, 0.05) is 5.69 Å². The van der Waals surface area contributed by atoms with Crippen molar-refractivity contribution in [1.82, 2.24) is 0 Å². The van der Waals surface area contributed by atoms with Crippen molar-refractivity contribution in [1.29, 1.82) is 0 Å². The SMILES string of the molecule is C=C(C)C[NH+](CC)CCC(=O)Nc1ccc2c(c1)CCC2. The zero-order chi connectivity index (χ0) is 15.2. The van der Waals surface area contributed by atoms with Crippen molar-refractivity contribution in [3.05, 3.63) is 41.5 Å². The average molecular weight is 287 g/mol. The van der Waals surface area contributed by atoms with Crippen LogP contribution in [0.1, 0.15) is 37.8 Å². The first-order valence-electron chi connectivity index (χ1n) is 7.98. The first-order chi connectivity index (χ1) is 10.1. The molecule has 0 aromatic heterocycles. The van der Waals surface area contributed by atoms with Crippen molar-refractivity contribution in [3.63, 3.8) is 0 Å². The number of quaternary nitrogens is 1. The largest absolute Gasteiger partial charge is 0.331 e. The molecule has 0 bridgehead atoms. The molecular formula is C18H27N2O+. The van der Waals surface area contributed by atoms with Gasteiger partial charge in [0.25, 0.3) is 0 Å². The topological polar surface area (TPSA) is 33.5 Å². The van der Waals surface area contributed by atoms with E-state index in [1.54, 1.807) is 0 Å². The smallest absolute Gasteiger partial charge is 0.230 e. The highest BCUT2D eigenvalue weighted by molar-refractivity contribution is 5.90. The van der Waals surface area contributed by atoms with Gasteiger partial charge in [-0.1, -0.05) is 12.6 Å². The van der Waals surface area contributed by atoms with Crippen molar-refractivity contribution in [2.45, 2.75) is 39.5 Å². The van der Waals surface area contributed by atoms with Crippen LogP contribution in [0.4, 0.5) is 5.69 Å². The Morgan fingerprint density at radius 2 is 2.10 bits per heavy atom. The Hall–Kier alpha value is -1.61. The van der Waals surface area contributed by atoms with Crippen LogP contribution in [0, 0.1) is 0 Å². The third-order valence-corrected chi connectivity index (χ3v) is 4.14. The number of likely N-dealkylation sites (N-methyl/N-ethyl adjacent to an activating group) is 1. The van der Waals surface area contributed by atoms with Crippen molar-refractivity contribution in [3.8, 4) is 0 Å². The minimum atomic E-state index is 0.112. The Bertz CT molecular complexity index is 522. The molecule has 2 rings (SSSR count). The zero-order valence-corrected chi connectivity index (χ0v) is 13.3. The van der Waals surface area contributed by atoms with Gasteiger partial charge in [-0.2, -0.15) is 0 Å². The molecule has 0 spiro atoms. The molecule has 0 heterocycles. The number of anilines is 1. The summed E-state index contributed by atoms with van der Waals surface area (Å²) in [5, 5.41) is 3.03. The minimum absolute atomic E-state index is 0.112. The minimum Gasteiger partial charge on any atom is -0.331 e. The van der Waals surface area contributed by atoms with Gasteiger partial charge in [-0.15, -0.1) is 0 Å². The van der Waals surface area contributed by atoms with Gasteiger partial charge in [-0.05, 0) is 61.9 Å². The van der Waals surface area contributed by atoms with Crippen LogP contribution in [0.15, 0.2) is 30.4 Å². The van der Waals surface area contributed by atoms with Crippen molar-refractivity contribution in [2.24, 2.45) is 0 Å². The lowest BCUT2D eigenvalue weighted by Crippen LogP contribution is -3.12. The summed E-state index contributed by atoms with van der Waals surface area (Å²) in [5.41, 5.74) is 4.96. The van der Waals surface area contributed by atoms with Gasteiger partial charge < -0.3 is 10.2 Å². The fourth-order valence-electron chi connectivity index (χ4n) is 2.98. The van der Waals surface area contributed by atoms with Crippen LogP contribution in [-0.2, 0) is 17.6 Å². The van der Waals surface area contributed by atoms with Crippen LogP contribution >= 0.6 is 0 Å². The molecule has 1 aliphatic rings. The molecule has 1 aromatic carbocycles. The normalized spacial score (nSPS) is 14.6. The van der Waals surface area contributed by atoms with E-state index in [1.165, 1.54) is 34.4 Å². The van der Waals surface area contributed by atoms with Gasteiger partial charge in [0.15, 0.2) is 0 Å². The summed E-state index contributed by atoms with van der Waals surface area (Å²) in [6, 6.07) is 6.32. The van der Waals surface area contributed by atoms with E-state index in [4.69, 9.17) is 0 Å². The third kappa shape index (κ3) is 4.71. The van der Waals surface area contributed by atoms with Crippen LogP contribution < -0.4 is 10.2 Å². The van der Waals surface area contributed by atoms with E-state index in [9.17, 15) is 4.79 Å². The molecule has 0 saturated heterocycles. The van der Waals surface area contributed by atoms with E-state index in [2.05, 4.69) is 31.0 Å². The highest BCUT2D eigenvalue weighted by Gasteiger charge is 2.13. The van der Waals surface area contributed by atoms with Gasteiger partial charge in [0.1, 0.15) is 0 Å². The van der Waals surface area contributed by atoms with Gasteiger partial charge in [0.05, 0.1) is 26.1 Å². The summed E-state index contributed by atoms with van der Waals surface area (Å²) >= 11 is 0. The molecule has 21 heavy (non-hydrogen) atoms. The molecule has 3 nitrogen and oxygen atoms in total. The first kappa shape index (κ1) is 15.8. The Morgan fingerprint density at radius 1 is 1.33 bits per heavy atom.